The number of rotatable bonds is 2. The van der Waals surface area contributed by atoms with E-state index in [0.29, 0.717) is 18.0 Å². The summed E-state index contributed by atoms with van der Waals surface area (Å²) in [7, 11) is 1.58. The van der Waals surface area contributed by atoms with Crippen LogP contribution in [0.15, 0.2) is 42.5 Å². The second kappa shape index (κ2) is 6.20. The number of hydrogen-bond acceptors (Lipinski definition) is 3. The highest BCUT2D eigenvalue weighted by Crippen LogP contribution is 2.35. The summed E-state index contributed by atoms with van der Waals surface area (Å²) >= 11 is 0. The number of fused-ring (bicyclic) bond motifs is 1. The third-order valence-electron chi connectivity index (χ3n) is 3.77. The molecule has 0 unspecified atom stereocenters. The first-order valence-electron chi connectivity index (χ1n) is 7.57. The molecule has 1 aliphatic rings. The Balaban J connectivity index is 1.89. The highest BCUT2D eigenvalue weighted by Gasteiger charge is 2.28. The second-order valence-electron chi connectivity index (χ2n) is 5.64. The number of nitrogens with zero attached hydrogens (tertiary/aromatic N) is 1. The molecule has 0 aromatic heterocycles. The Morgan fingerprint density at radius 1 is 1.30 bits per heavy atom. The summed E-state index contributed by atoms with van der Waals surface area (Å²) in [5.74, 6) is 1.36. The highest BCUT2D eigenvalue weighted by molar-refractivity contribution is 6.03. The van der Waals surface area contributed by atoms with E-state index in [1.807, 2.05) is 56.3 Å². The minimum absolute atomic E-state index is 0.0615. The molecule has 3 rings (SSSR count). The van der Waals surface area contributed by atoms with E-state index in [1.165, 1.54) is 0 Å². The molecule has 0 saturated heterocycles. The minimum atomic E-state index is -0.198. The average molecular weight is 312 g/mol. The molecule has 120 valence electrons. The maximum atomic E-state index is 12.8. The van der Waals surface area contributed by atoms with E-state index in [2.05, 4.69) is 5.32 Å². The first kappa shape index (κ1) is 15.2. The number of aryl methyl sites for hydroxylation is 1. The zero-order chi connectivity index (χ0) is 16.4. The summed E-state index contributed by atoms with van der Waals surface area (Å²) in [6.45, 7) is 4.44. The number of ether oxygens (including phenoxy) is 2. The van der Waals surface area contributed by atoms with Gasteiger partial charge in [-0.05, 0) is 43.7 Å². The van der Waals surface area contributed by atoms with Crippen molar-refractivity contribution in [3.8, 4) is 11.5 Å². The van der Waals surface area contributed by atoms with Crippen LogP contribution in [0.1, 0.15) is 12.5 Å². The zero-order valence-corrected chi connectivity index (χ0v) is 13.5. The number of hydrogen-bond donors (Lipinski definition) is 1. The van der Waals surface area contributed by atoms with Gasteiger partial charge < -0.3 is 14.8 Å². The molecule has 1 aliphatic heterocycles. The van der Waals surface area contributed by atoms with Crippen LogP contribution in [0, 0.1) is 6.92 Å². The number of anilines is 2. The fraction of sp³-hybridized carbons (Fsp3) is 0.278. The van der Waals surface area contributed by atoms with Gasteiger partial charge in [0.1, 0.15) is 17.6 Å². The van der Waals surface area contributed by atoms with Crippen LogP contribution in [0.5, 0.6) is 11.5 Å². The van der Waals surface area contributed by atoms with E-state index in [9.17, 15) is 4.79 Å². The lowest BCUT2D eigenvalue weighted by atomic mass is 10.1. The maximum absolute atomic E-state index is 12.8. The molecular weight excluding hydrogens is 292 g/mol. The van der Waals surface area contributed by atoms with Crippen molar-refractivity contribution in [1.82, 2.24) is 0 Å². The van der Waals surface area contributed by atoms with Gasteiger partial charge in [-0.25, -0.2) is 4.79 Å². The maximum Gasteiger partial charge on any atom is 0.326 e. The normalized spacial score (nSPS) is 16.3. The van der Waals surface area contributed by atoms with E-state index in [0.717, 1.165) is 17.0 Å². The lowest BCUT2D eigenvalue weighted by Gasteiger charge is -2.33. The second-order valence-corrected chi connectivity index (χ2v) is 5.64. The van der Waals surface area contributed by atoms with E-state index < -0.39 is 0 Å². The van der Waals surface area contributed by atoms with Crippen LogP contribution in [0.3, 0.4) is 0 Å². The molecule has 5 nitrogen and oxygen atoms in total. The number of nitrogens with one attached hydrogen (secondary N) is 1. The minimum Gasteiger partial charge on any atom is -0.495 e. The van der Waals surface area contributed by atoms with E-state index >= 15 is 0 Å². The third-order valence-corrected chi connectivity index (χ3v) is 3.77. The predicted molar refractivity (Wildman–Crippen MR) is 90.6 cm³/mol. The molecule has 2 amide bonds. The van der Waals surface area contributed by atoms with Gasteiger partial charge in [0.25, 0.3) is 0 Å². The fourth-order valence-electron chi connectivity index (χ4n) is 2.67. The molecule has 2 aromatic rings. The van der Waals surface area contributed by atoms with Crippen LogP contribution >= 0.6 is 0 Å². The molecule has 5 heteroatoms. The van der Waals surface area contributed by atoms with Crippen LogP contribution in [0.25, 0.3) is 0 Å². The van der Waals surface area contributed by atoms with Gasteiger partial charge in [0.05, 0.1) is 25.0 Å². The molecule has 0 fully saturated rings. The van der Waals surface area contributed by atoms with Crippen molar-refractivity contribution in [2.75, 3.05) is 23.9 Å². The number of benzene rings is 2. The first-order valence-corrected chi connectivity index (χ1v) is 7.57. The molecule has 0 saturated carbocycles. The van der Waals surface area contributed by atoms with Crippen LogP contribution < -0.4 is 19.7 Å². The van der Waals surface area contributed by atoms with Crippen LogP contribution in [0.4, 0.5) is 16.2 Å². The Labute approximate surface area is 135 Å². The van der Waals surface area contributed by atoms with Crippen molar-refractivity contribution >= 4 is 17.4 Å². The van der Waals surface area contributed by atoms with Crippen LogP contribution in [-0.4, -0.2) is 25.8 Å². The van der Waals surface area contributed by atoms with Gasteiger partial charge in [-0.15, -0.1) is 0 Å². The molecule has 0 radical (unpaired) electrons. The number of amides is 2. The van der Waals surface area contributed by atoms with Crippen molar-refractivity contribution in [1.29, 1.82) is 0 Å². The van der Waals surface area contributed by atoms with Gasteiger partial charge in [0, 0.05) is 0 Å². The predicted octanol–water partition coefficient (Wildman–Crippen LogP) is 3.82. The molecule has 1 atom stereocenters. The Morgan fingerprint density at radius 3 is 2.87 bits per heavy atom. The molecule has 0 aliphatic carbocycles. The summed E-state index contributed by atoms with van der Waals surface area (Å²) in [6, 6.07) is 13.0. The van der Waals surface area contributed by atoms with Gasteiger partial charge in [-0.2, -0.15) is 0 Å². The van der Waals surface area contributed by atoms with Gasteiger partial charge in [0.2, 0.25) is 0 Å². The Hall–Kier alpha value is -2.69. The lowest BCUT2D eigenvalue weighted by molar-refractivity contribution is 0.208. The Morgan fingerprint density at radius 2 is 2.09 bits per heavy atom. The Kier molecular flexibility index (Phi) is 4.10. The summed E-state index contributed by atoms with van der Waals surface area (Å²) in [5, 5.41) is 2.92. The first-order chi connectivity index (χ1) is 11.1. The summed E-state index contributed by atoms with van der Waals surface area (Å²) in [5.41, 5.74) is 2.51. The molecule has 2 aromatic carbocycles. The number of methoxy groups -OCH3 is 1. The van der Waals surface area contributed by atoms with Gasteiger partial charge in [-0.1, -0.05) is 18.2 Å². The average Bonchev–Trinajstić information content (AvgIpc) is 2.55. The van der Waals surface area contributed by atoms with Crippen molar-refractivity contribution in [3.63, 3.8) is 0 Å². The number of carbonyl (C=O) groups is 1. The molecular formula is C18H20N2O3. The largest absolute Gasteiger partial charge is 0.495 e. The number of urea groups is 1. The van der Waals surface area contributed by atoms with Crippen LogP contribution in [-0.2, 0) is 0 Å². The smallest absolute Gasteiger partial charge is 0.326 e. The van der Waals surface area contributed by atoms with Crippen molar-refractivity contribution in [3.05, 3.63) is 48.0 Å². The van der Waals surface area contributed by atoms with Crippen LogP contribution in [0.2, 0.25) is 0 Å². The fourth-order valence-corrected chi connectivity index (χ4v) is 2.67. The summed E-state index contributed by atoms with van der Waals surface area (Å²) in [6.07, 6.45) is -0.0615. The lowest BCUT2D eigenvalue weighted by Crippen LogP contribution is -2.44. The Bertz CT molecular complexity index is 730. The van der Waals surface area contributed by atoms with Gasteiger partial charge >= 0.3 is 6.03 Å². The van der Waals surface area contributed by atoms with E-state index in [-0.39, 0.29) is 12.1 Å². The van der Waals surface area contributed by atoms with Gasteiger partial charge in [0.15, 0.2) is 0 Å². The monoisotopic (exact) mass is 312 g/mol. The number of carbonyl (C=O) groups excluding carboxylic acids is 1. The highest BCUT2D eigenvalue weighted by atomic mass is 16.5. The number of para-hydroxylation sites is 2. The van der Waals surface area contributed by atoms with E-state index in [4.69, 9.17) is 9.47 Å². The van der Waals surface area contributed by atoms with Crippen molar-refractivity contribution in [2.24, 2.45) is 0 Å². The third kappa shape index (κ3) is 3.08. The topological polar surface area (TPSA) is 50.8 Å². The molecule has 0 spiro atoms. The van der Waals surface area contributed by atoms with Crippen molar-refractivity contribution < 1.29 is 14.3 Å². The molecule has 1 N–H and O–H groups in total. The summed E-state index contributed by atoms with van der Waals surface area (Å²) < 4.78 is 11.1. The molecule has 1 heterocycles. The molecule has 23 heavy (non-hydrogen) atoms. The standard InChI is InChI=1S/C18H20N2O3/c1-12-8-9-17-15(10-12)20(11-13(2)23-17)18(21)19-14-6-4-5-7-16(14)22-3/h4-10,13H,11H2,1-3H3,(H,19,21)/t13-/m0/s1. The van der Waals surface area contributed by atoms with E-state index in [1.54, 1.807) is 12.0 Å². The SMILES string of the molecule is COc1ccccc1NC(=O)N1C[C@H](C)Oc2ccc(C)cc21. The zero-order valence-electron chi connectivity index (χ0n) is 13.5. The quantitative estimate of drug-likeness (QED) is 0.917. The van der Waals surface area contributed by atoms with Gasteiger partial charge in [-0.3, -0.25) is 4.90 Å². The van der Waals surface area contributed by atoms with Crippen molar-refractivity contribution in [2.45, 2.75) is 20.0 Å². The summed E-state index contributed by atoms with van der Waals surface area (Å²) in [4.78, 5) is 14.5. The molecule has 0 bridgehead atoms.